The van der Waals surface area contributed by atoms with Crippen molar-refractivity contribution >= 4 is 5.91 Å². The summed E-state index contributed by atoms with van der Waals surface area (Å²) in [6, 6.07) is 0. The van der Waals surface area contributed by atoms with Crippen LogP contribution in [-0.2, 0) is 4.79 Å². The summed E-state index contributed by atoms with van der Waals surface area (Å²) in [5, 5.41) is 9.49. The van der Waals surface area contributed by atoms with E-state index < -0.39 is 0 Å². The summed E-state index contributed by atoms with van der Waals surface area (Å²) in [5.41, 5.74) is 5.62. The molecule has 0 aromatic carbocycles. The third kappa shape index (κ3) is 3.19. The van der Waals surface area contributed by atoms with Gasteiger partial charge in [0.2, 0.25) is 5.91 Å². The first-order chi connectivity index (χ1) is 7.60. The van der Waals surface area contributed by atoms with Gasteiger partial charge in [0.1, 0.15) is 0 Å². The Hall–Kier alpha value is -0.610. The predicted molar refractivity (Wildman–Crippen MR) is 63.8 cm³/mol. The van der Waals surface area contributed by atoms with E-state index in [1.54, 1.807) is 6.92 Å². The fourth-order valence-electron chi connectivity index (χ4n) is 2.33. The van der Waals surface area contributed by atoms with Gasteiger partial charge in [-0.2, -0.15) is 0 Å². The second kappa shape index (κ2) is 6.21. The van der Waals surface area contributed by atoms with Crippen LogP contribution in [0.5, 0.6) is 0 Å². The number of amides is 1. The molecule has 0 saturated carbocycles. The highest BCUT2D eigenvalue weighted by atomic mass is 16.3. The topological polar surface area (TPSA) is 66.6 Å². The number of hydrogen-bond donors (Lipinski definition) is 2. The summed E-state index contributed by atoms with van der Waals surface area (Å²) in [4.78, 5) is 14.0. The molecular weight excluding hydrogens is 204 g/mol. The third-order valence-electron chi connectivity index (χ3n) is 3.49. The predicted octanol–water partition coefficient (Wildman–Crippen LogP) is 0.591. The van der Waals surface area contributed by atoms with E-state index in [0.29, 0.717) is 13.1 Å². The molecule has 1 amide bonds. The molecule has 3 unspecified atom stereocenters. The van der Waals surface area contributed by atoms with Crippen molar-refractivity contribution in [1.29, 1.82) is 0 Å². The molecule has 16 heavy (non-hydrogen) atoms. The van der Waals surface area contributed by atoms with Gasteiger partial charge in [0.15, 0.2) is 0 Å². The molecule has 3 N–H and O–H groups in total. The monoisotopic (exact) mass is 228 g/mol. The first-order valence-electron chi connectivity index (χ1n) is 6.27. The van der Waals surface area contributed by atoms with E-state index in [1.807, 2.05) is 4.90 Å². The van der Waals surface area contributed by atoms with Crippen LogP contribution in [0.15, 0.2) is 0 Å². The average molecular weight is 228 g/mol. The molecule has 0 spiro atoms. The lowest BCUT2D eigenvalue weighted by Gasteiger charge is -2.22. The highest BCUT2D eigenvalue weighted by molar-refractivity contribution is 5.79. The first kappa shape index (κ1) is 13.5. The molecule has 0 aromatic heterocycles. The summed E-state index contributed by atoms with van der Waals surface area (Å²) < 4.78 is 0. The molecule has 4 heteroatoms. The van der Waals surface area contributed by atoms with Crippen LogP contribution < -0.4 is 5.73 Å². The number of carbonyl (C=O) groups excluding carboxylic acids is 1. The fourth-order valence-corrected chi connectivity index (χ4v) is 2.33. The van der Waals surface area contributed by atoms with Gasteiger partial charge < -0.3 is 15.7 Å². The average Bonchev–Trinajstić information content (AvgIpc) is 2.74. The van der Waals surface area contributed by atoms with Gasteiger partial charge in [0.05, 0.1) is 12.0 Å². The lowest BCUT2D eigenvalue weighted by molar-refractivity contribution is -0.134. The maximum atomic E-state index is 12.1. The number of hydrogen-bond acceptors (Lipinski definition) is 3. The van der Waals surface area contributed by atoms with Gasteiger partial charge in [-0.05, 0) is 19.8 Å². The maximum absolute atomic E-state index is 12.1. The normalized spacial score (nSPS) is 24.5. The molecule has 1 aliphatic rings. The number of aliphatic hydroxyl groups excluding tert-OH is 1. The number of likely N-dealkylation sites (tertiary alicyclic amines) is 1. The van der Waals surface area contributed by atoms with Crippen LogP contribution in [0.3, 0.4) is 0 Å². The smallest absolute Gasteiger partial charge is 0.226 e. The molecule has 0 aliphatic carbocycles. The van der Waals surface area contributed by atoms with Gasteiger partial charge >= 0.3 is 0 Å². The summed E-state index contributed by atoms with van der Waals surface area (Å²) in [7, 11) is 0. The molecule has 1 rings (SSSR count). The second-order valence-corrected chi connectivity index (χ2v) is 4.79. The molecule has 1 aliphatic heterocycles. The fraction of sp³-hybridized carbons (Fsp3) is 0.917. The molecule has 1 fully saturated rings. The van der Waals surface area contributed by atoms with Gasteiger partial charge in [0, 0.05) is 25.6 Å². The molecule has 94 valence electrons. The highest BCUT2D eigenvalue weighted by Crippen LogP contribution is 2.22. The summed E-state index contributed by atoms with van der Waals surface area (Å²) in [6.07, 6.45) is 2.44. The second-order valence-electron chi connectivity index (χ2n) is 4.79. The molecular formula is C12H24N2O2. The SMILES string of the molecule is CCCC(CN)C(=O)N1CCC(C(C)O)C1. The Morgan fingerprint density at radius 3 is 2.75 bits per heavy atom. The summed E-state index contributed by atoms with van der Waals surface area (Å²) in [5.74, 6) is 0.384. The van der Waals surface area contributed by atoms with Crippen molar-refractivity contribution in [3.63, 3.8) is 0 Å². The Morgan fingerprint density at radius 1 is 1.62 bits per heavy atom. The van der Waals surface area contributed by atoms with E-state index in [2.05, 4.69) is 6.92 Å². The number of aliphatic hydroxyl groups is 1. The number of carbonyl (C=O) groups is 1. The lowest BCUT2D eigenvalue weighted by atomic mass is 10.0. The molecule has 0 radical (unpaired) electrons. The van der Waals surface area contributed by atoms with Gasteiger partial charge in [-0.1, -0.05) is 13.3 Å². The van der Waals surface area contributed by atoms with Crippen molar-refractivity contribution in [2.75, 3.05) is 19.6 Å². The molecule has 1 heterocycles. The maximum Gasteiger partial charge on any atom is 0.226 e. The van der Waals surface area contributed by atoms with E-state index in [0.717, 1.165) is 25.8 Å². The zero-order chi connectivity index (χ0) is 12.1. The van der Waals surface area contributed by atoms with E-state index in [-0.39, 0.29) is 23.8 Å². The quantitative estimate of drug-likeness (QED) is 0.724. The minimum Gasteiger partial charge on any atom is -0.393 e. The van der Waals surface area contributed by atoms with Crippen LogP contribution >= 0.6 is 0 Å². The summed E-state index contributed by atoms with van der Waals surface area (Å²) in [6.45, 7) is 5.76. The van der Waals surface area contributed by atoms with Crippen LogP contribution in [-0.4, -0.2) is 41.7 Å². The van der Waals surface area contributed by atoms with Crippen molar-refractivity contribution in [3.8, 4) is 0 Å². The molecule has 0 bridgehead atoms. The minimum atomic E-state index is -0.319. The van der Waals surface area contributed by atoms with Gasteiger partial charge in [-0.15, -0.1) is 0 Å². The first-order valence-corrected chi connectivity index (χ1v) is 6.27. The molecule has 1 saturated heterocycles. The Morgan fingerprint density at radius 2 is 2.31 bits per heavy atom. The zero-order valence-corrected chi connectivity index (χ0v) is 10.4. The van der Waals surface area contributed by atoms with E-state index in [9.17, 15) is 9.90 Å². The van der Waals surface area contributed by atoms with Crippen LogP contribution in [0.1, 0.15) is 33.1 Å². The largest absolute Gasteiger partial charge is 0.393 e. The Labute approximate surface area is 97.8 Å². The summed E-state index contributed by atoms with van der Waals surface area (Å²) >= 11 is 0. The van der Waals surface area contributed by atoms with Crippen molar-refractivity contribution < 1.29 is 9.90 Å². The molecule has 0 aromatic rings. The minimum absolute atomic E-state index is 0.0299. The van der Waals surface area contributed by atoms with Crippen molar-refractivity contribution in [1.82, 2.24) is 4.90 Å². The van der Waals surface area contributed by atoms with Crippen LogP contribution in [0.4, 0.5) is 0 Å². The number of nitrogens with zero attached hydrogens (tertiary/aromatic N) is 1. The Kier molecular flexibility index (Phi) is 5.22. The standard InChI is InChI=1S/C12H24N2O2/c1-3-4-10(7-13)12(16)14-6-5-11(8-14)9(2)15/h9-11,15H,3-8,13H2,1-2H3. The van der Waals surface area contributed by atoms with Crippen molar-refractivity contribution in [3.05, 3.63) is 0 Å². The highest BCUT2D eigenvalue weighted by Gasteiger charge is 2.31. The van der Waals surface area contributed by atoms with E-state index >= 15 is 0 Å². The zero-order valence-electron chi connectivity index (χ0n) is 10.4. The van der Waals surface area contributed by atoms with Gasteiger partial charge in [-0.3, -0.25) is 4.79 Å². The Balaban J connectivity index is 2.49. The third-order valence-corrected chi connectivity index (χ3v) is 3.49. The number of nitrogens with two attached hydrogens (primary N) is 1. The van der Waals surface area contributed by atoms with Gasteiger partial charge in [0.25, 0.3) is 0 Å². The van der Waals surface area contributed by atoms with E-state index in [1.165, 1.54) is 0 Å². The Bertz CT molecular complexity index is 231. The van der Waals surface area contributed by atoms with Crippen molar-refractivity contribution in [2.24, 2.45) is 17.6 Å². The lowest BCUT2D eigenvalue weighted by Crippen LogP contribution is -2.38. The van der Waals surface area contributed by atoms with Crippen molar-refractivity contribution in [2.45, 2.75) is 39.2 Å². The number of rotatable bonds is 5. The van der Waals surface area contributed by atoms with Crippen LogP contribution in [0, 0.1) is 11.8 Å². The molecule has 4 nitrogen and oxygen atoms in total. The van der Waals surface area contributed by atoms with E-state index in [4.69, 9.17) is 5.73 Å². The molecule has 3 atom stereocenters. The van der Waals surface area contributed by atoms with Crippen LogP contribution in [0.2, 0.25) is 0 Å². The van der Waals surface area contributed by atoms with Crippen LogP contribution in [0.25, 0.3) is 0 Å². The van der Waals surface area contributed by atoms with Gasteiger partial charge in [-0.25, -0.2) is 0 Å².